The summed E-state index contributed by atoms with van der Waals surface area (Å²) in [5.74, 6) is -0.653. The van der Waals surface area contributed by atoms with E-state index in [0.717, 1.165) is 0 Å². The van der Waals surface area contributed by atoms with Crippen LogP contribution in [0, 0.1) is 17.0 Å². The normalized spacial score (nSPS) is 10.2. The minimum atomic E-state index is -0.543. The predicted octanol–water partition coefficient (Wildman–Crippen LogP) is 2.08. The minimum Gasteiger partial charge on any atom is -0.384 e. The molecule has 1 aromatic carbocycles. The molecule has 102 valence electrons. The molecule has 0 amide bonds. The number of carbonyl (C=O) groups excluding carboxylic acids is 2. The van der Waals surface area contributed by atoms with Crippen molar-refractivity contribution in [3.63, 3.8) is 0 Å². The third-order valence-corrected chi connectivity index (χ3v) is 2.67. The molecule has 0 heterocycles. The lowest BCUT2D eigenvalue weighted by molar-refractivity contribution is -0.385. The summed E-state index contributed by atoms with van der Waals surface area (Å²) in [4.78, 5) is 33.5. The number of ketones is 2. The van der Waals surface area contributed by atoms with Crippen LogP contribution in [0.3, 0.4) is 0 Å². The second-order valence-corrected chi connectivity index (χ2v) is 4.14. The number of nitrogens with zero attached hydrogens (tertiary/aromatic N) is 1. The van der Waals surface area contributed by atoms with E-state index in [1.807, 2.05) is 0 Å². The highest BCUT2D eigenvalue weighted by atomic mass is 16.6. The van der Waals surface area contributed by atoms with Crippen molar-refractivity contribution in [2.45, 2.75) is 19.8 Å². The zero-order chi connectivity index (χ0) is 14.4. The maximum Gasteiger partial charge on any atom is 0.273 e. The zero-order valence-corrected chi connectivity index (χ0v) is 10.8. The highest BCUT2D eigenvalue weighted by Crippen LogP contribution is 2.20. The third kappa shape index (κ3) is 4.26. The molecule has 1 aromatic rings. The van der Waals surface area contributed by atoms with E-state index in [1.54, 1.807) is 6.92 Å². The van der Waals surface area contributed by atoms with Crippen molar-refractivity contribution in [2.24, 2.45) is 0 Å². The monoisotopic (exact) mass is 265 g/mol. The van der Waals surface area contributed by atoms with E-state index in [4.69, 9.17) is 4.74 Å². The number of nitro groups is 1. The van der Waals surface area contributed by atoms with Crippen LogP contribution in [0.25, 0.3) is 0 Å². The molecule has 0 aliphatic rings. The number of ether oxygens (including phenoxy) is 1. The Hall–Kier alpha value is -2.08. The van der Waals surface area contributed by atoms with Crippen LogP contribution in [0.15, 0.2) is 18.2 Å². The molecule has 0 aliphatic carbocycles. The number of hydrogen-bond donors (Lipinski definition) is 0. The predicted molar refractivity (Wildman–Crippen MR) is 68.3 cm³/mol. The van der Waals surface area contributed by atoms with Crippen molar-refractivity contribution in [1.29, 1.82) is 0 Å². The molecule has 19 heavy (non-hydrogen) atoms. The fourth-order valence-electron chi connectivity index (χ4n) is 1.56. The first-order valence-electron chi connectivity index (χ1n) is 5.74. The van der Waals surface area contributed by atoms with E-state index in [2.05, 4.69) is 0 Å². The Kier molecular flexibility index (Phi) is 5.32. The Balaban J connectivity index is 2.80. The summed E-state index contributed by atoms with van der Waals surface area (Å²) in [6, 6.07) is 4.21. The molecule has 0 aromatic heterocycles. The third-order valence-electron chi connectivity index (χ3n) is 2.67. The van der Waals surface area contributed by atoms with Gasteiger partial charge in [0.2, 0.25) is 0 Å². The number of methoxy groups -OCH3 is 1. The maximum atomic E-state index is 11.8. The lowest BCUT2D eigenvalue weighted by atomic mass is 10.0. The van der Waals surface area contributed by atoms with Crippen molar-refractivity contribution < 1.29 is 19.2 Å². The molecule has 6 nitrogen and oxygen atoms in total. The van der Waals surface area contributed by atoms with Crippen LogP contribution >= 0.6 is 0 Å². The standard InChI is InChI=1S/C13H15NO5/c1-9-3-4-10(7-12(9)14(17)18)13(16)8-11(15)5-6-19-2/h3-4,7H,5-6,8H2,1-2H3. The van der Waals surface area contributed by atoms with E-state index in [1.165, 1.54) is 25.3 Å². The summed E-state index contributed by atoms with van der Waals surface area (Å²) in [6.07, 6.45) is -0.0975. The van der Waals surface area contributed by atoms with E-state index in [-0.39, 0.29) is 36.5 Å². The Morgan fingerprint density at radius 2 is 2.05 bits per heavy atom. The number of hydrogen-bond acceptors (Lipinski definition) is 5. The average Bonchev–Trinajstić information content (AvgIpc) is 2.36. The van der Waals surface area contributed by atoms with Gasteiger partial charge in [0.05, 0.1) is 18.0 Å². The van der Waals surface area contributed by atoms with Gasteiger partial charge in [-0.05, 0) is 6.92 Å². The number of benzene rings is 1. The largest absolute Gasteiger partial charge is 0.384 e. The van der Waals surface area contributed by atoms with Gasteiger partial charge < -0.3 is 4.74 Å². The lowest BCUT2D eigenvalue weighted by Gasteiger charge is -2.02. The first kappa shape index (κ1) is 15.0. The second-order valence-electron chi connectivity index (χ2n) is 4.14. The molecule has 0 atom stereocenters. The molecule has 1 rings (SSSR count). The number of aryl methyl sites for hydroxylation is 1. The van der Waals surface area contributed by atoms with Gasteiger partial charge in [0, 0.05) is 30.7 Å². The van der Waals surface area contributed by atoms with Crippen LogP contribution in [0.5, 0.6) is 0 Å². The number of Topliss-reactive ketones (excluding diaryl/α,β-unsaturated/α-hetero) is 2. The van der Waals surface area contributed by atoms with Crippen molar-refractivity contribution in [3.05, 3.63) is 39.4 Å². The van der Waals surface area contributed by atoms with Gasteiger partial charge in [-0.3, -0.25) is 19.7 Å². The molecule has 6 heteroatoms. The molecule has 0 N–H and O–H groups in total. The lowest BCUT2D eigenvalue weighted by Crippen LogP contribution is -2.10. The van der Waals surface area contributed by atoms with Gasteiger partial charge in [0.25, 0.3) is 5.69 Å². The zero-order valence-electron chi connectivity index (χ0n) is 10.8. The summed E-state index contributed by atoms with van der Waals surface area (Å²) in [6.45, 7) is 1.86. The highest BCUT2D eigenvalue weighted by Gasteiger charge is 2.17. The van der Waals surface area contributed by atoms with Crippen LogP contribution in [0.2, 0.25) is 0 Å². The summed E-state index contributed by atoms with van der Waals surface area (Å²) in [5.41, 5.74) is 0.547. The van der Waals surface area contributed by atoms with Crippen LogP contribution in [-0.4, -0.2) is 30.2 Å². The highest BCUT2D eigenvalue weighted by molar-refractivity contribution is 6.08. The molecule has 0 unspecified atom stereocenters. The fourth-order valence-corrected chi connectivity index (χ4v) is 1.56. The minimum absolute atomic E-state index is 0.116. The van der Waals surface area contributed by atoms with Crippen LogP contribution in [0.1, 0.15) is 28.8 Å². The summed E-state index contributed by atoms with van der Waals surface area (Å²) < 4.78 is 4.74. The maximum absolute atomic E-state index is 11.8. The molecule has 0 radical (unpaired) electrons. The molecule has 0 bridgehead atoms. The van der Waals surface area contributed by atoms with Crippen molar-refractivity contribution >= 4 is 17.3 Å². The Labute approximate surface area is 110 Å². The van der Waals surface area contributed by atoms with E-state index in [0.29, 0.717) is 5.56 Å². The van der Waals surface area contributed by atoms with Gasteiger partial charge in [-0.1, -0.05) is 12.1 Å². The molecular formula is C13H15NO5. The first-order chi connectivity index (χ1) is 8.95. The molecular weight excluding hydrogens is 250 g/mol. The van der Waals surface area contributed by atoms with Crippen molar-refractivity contribution in [3.8, 4) is 0 Å². The van der Waals surface area contributed by atoms with Gasteiger partial charge in [-0.25, -0.2) is 0 Å². The Bertz CT molecular complexity index is 510. The topological polar surface area (TPSA) is 86.5 Å². The number of carbonyl (C=O) groups is 2. The van der Waals surface area contributed by atoms with E-state index < -0.39 is 10.7 Å². The van der Waals surface area contributed by atoms with Crippen LogP contribution in [0.4, 0.5) is 5.69 Å². The van der Waals surface area contributed by atoms with Gasteiger partial charge in [0.15, 0.2) is 5.78 Å². The number of nitro benzene ring substituents is 1. The molecule has 0 spiro atoms. The summed E-state index contributed by atoms with van der Waals surface area (Å²) >= 11 is 0. The van der Waals surface area contributed by atoms with Gasteiger partial charge in [-0.2, -0.15) is 0 Å². The van der Waals surface area contributed by atoms with Gasteiger partial charge in [-0.15, -0.1) is 0 Å². The second kappa shape index (κ2) is 6.75. The summed E-state index contributed by atoms with van der Waals surface area (Å²) in [7, 11) is 1.47. The van der Waals surface area contributed by atoms with E-state index >= 15 is 0 Å². The fraction of sp³-hybridized carbons (Fsp3) is 0.385. The van der Waals surface area contributed by atoms with Crippen molar-refractivity contribution in [2.75, 3.05) is 13.7 Å². The van der Waals surface area contributed by atoms with Crippen LogP contribution < -0.4 is 0 Å². The Morgan fingerprint density at radius 1 is 1.37 bits per heavy atom. The van der Waals surface area contributed by atoms with Crippen molar-refractivity contribution in [1.82, 2.24) is 0 Å². The smallest absolute Gasteiger partial charge is 0.273 e. The first-order valence-corrected chi connectivity index (χ1v) is 5.74. The van der Waals surface area contributed by atoms with Gasteiger partial charge >= 0.3 is 0 Å². The molecule has 0 saturated heterocycles. The molecule has 0 saturated carbocycles. The van der Waals surface area contributed by atoms with Gasteiger partial charge in [0.1, 0.15) is 5.78 Å². The van der Waals surface area contributed by atoms with Crippen LogP contribution in [-0.2, 0) is 9.53 Å². The molecule has 0 fully saturated rings. The number of rotatable bonds is 7. The quantitative estimate of drug-likeness (QED) is 0.326. The summed E-state index contributed by atoms with van der Waals surface area (Å²) in [5, 5.41) is 10.8. The van der Waals surface area contributed by atoms with E-state index in [9.17, 15) is 19.7 Å². The Morgan fingerprint density at radius 3 is 2.63 bits per heavy atom. The molecule has 0 aliphatic heterocycles. The average molecular weight is 265 g/mol. The SMILES string of the molecule is COCCC(=O)CC(=O)c1ccc(C)c([N+](=O)[O-])c1.